The quantitative estimate of drug-likeness (QED) is 0.784. The highest BCUT2D eigenvalue weighted by Gasteiger charge is 2.11. The van der Waals surface area contributed by atoms with Gasteiger partial charge in [0, 0.05) is 6.54 Å². The number of rotatable bonds is 4. The van der Waals surface area contributed by atoms with Crippen molar-refractivity contribution in [2.75, 3.05) is 20.6 Å². The maximum atomic E-state index is 2.29. The van der Waals surface area contributed by atoms with Crippen molar-refractivity contribution in [3.05, 3.63) is 41.5 Å². The van der Waals surface area contributed by atoms with Gasteiger partial charge in [0.2, 0.25) is 0 Å². The van der Waals surface area contributed by atoms with Crippen LogP contribution in [0.3, 0.4) is 0 Å². The summed E-state index contributed by atoms with van der Waals surface area (Å²) in [5, 5.41) is 0. The standard InChI is InChI=1S/C15H23N.ClH/c1-6-15(13(3)11-16(4)5)14-9-7-8-12(2)10-14;/h6-10,13H,11H2,1-5H3;1H. The molecule has 0 N–H and O–H groups in total. The summed E-state index contributed by atoms with van der Waals surface area (Å²) in [6.45, 7) is 7.66. The molecule has 0 saturated heterocycles. The Morgan fingerprint density at radius 2 is 2.00 bits per heavy atom. The van der Waals surface area contributed by atoms with E-state index in [2.05, 4.69) is 70.1 Å². The van der Waals surface area contributed by atoms with Gasteiger partial charge in [0.05, 0.1) is 0 Å². The predicted octanol–water partition coefficient (Wildman–Crippen LogP) is 4.02. The highest BCUT2D eigenvalue weighted by Crippen LogP contribution is 2.24. The Hall–Kier alpha value is -0.790. The summed E-state index contributed by atoms with van der Waals surface area (Å²) in [6, 6.07) is 8.75. The zero-order valence-electron chi connectivity index (χ0n) is 11.5. The van der Waals surface area contributed by atoms with Gasteiger partial charge in [-0.05, 0) is 45.0 Å². The van der Waals surface area contributed by atoms with Crippen molar-refractivity contribution >= 4 is 18.0 Å². The zero-order chi connectivity index (χ0) is 12.1. The van der Waals surface area contributed by atoms with Gasteiger partial charge in [0.1, 0.15) is 0 Å². The summed E-state index contributed by atoms with van der Waals surface area (Å²) in [7, 11) is 4.25. The lowest BCUT2D eigenvalue weighted by Crippen LogP contribution is -2.20. The van der Waals surface area contributed by atoms with Gasteiger partial charge in [0.25, 0.3) is 0 Å². The van der Waals surface area contributed by atoms with Crippen molar-refractivity contribution in [3.63, 3.8) is 0 Å². The fourth-order valence-electron chi connectivity index (χ4n) is 2.21. The molecule has 0 spiro atoms. The van der Waals surface area contributed by atoms with Gasteiger partial charge < -0.3 is 4.90 Å². The maximum absolute atomic E-state index is 2.29. The molecule has 0 heterocycles. The van der Waals surface area contributed by atoms with Crippen molar-refractivity contribution in [1.82, 2.24) is 4.90 Å². The third-order valence-electron chi connectivity index (χ3n) is 2.83. The zero-order valence-corrected chi connectivity index (χ0v) is 12.3. The maximum Gasteiger partial charge on any atom is 0.00416 e. The number of benzene rings is 1. The van der Waals surface area contributed by atoms with Crippen LogP contribution in [0.25, 0.3) is 5.57 Å². The molecule has 0 amide bonds. The molecule has 17 heavy (non-hydrogen) atoms. The van der Waals surface area contributed by atoms with Crippen LogP contribution < -0.4 is 0 Å². The van der Waals surface area contributed by atoms with E-state index in [4.69, 9.17) is 0 Å². The minimum absolute atomic E-state index is 0. The van der Waals surface area contributed by atoms with Crippen LogP contribution >= 0.6 is 12.4 Å². The van der Waals surface area contributed by atoms with Gasteiger partial charge in [-0.15, -0.1) is 12.4 Å². The van der Waals surface area contributed by atoms with Gasteiger partial charge in [-0.1, -0.05) is 42.8 Å². The summed E-state index contributed by atoms with van der Waals surface area (Å²) in [4.78, 5) is 2.24. The Kier molecular flexibility index (Phi) is 7.17. The van der Waals surface area contributed by atoms with Crippen LogP contribution in [0.1, 0.15) is 25.0 Å². The topological polar surface area (TPSA) is 3.24 Å². The summed E-state index contributed by atoms with van der Waals surface area (Å²) in [5.41, 5.74) is 4.13. The van der Waals surface area contributed by atoms with E-state index in [1.165, 1.54) is 16.7 Å². The molecule has 1 rings (SSSR count). The monoisotopic (exact) mass is 253 g/mol. The van der Waals surface area contributed by atoms with E-state index in [1.807, 2.05) is 0 Å². The Morgan fingerprint density at radius 1 is 1.35 bits per heavy atom. The highest BCUT2D eigenvalue weighted by molar-refractivity contribution is 5.85. The Bertz CT molecular complexity index is 369. The summed E-state index contributed by atoms with van der Waals surface area (Å²) >= 11 is 0. The van der Waals surface area contributed by atoms with Crippen molar-refractivity contribution in [1.29, 1.82) is 0 Å². The normalized spacial score (nSPS) is 13.4. The molecule has 1 nitrogen and oxygen atoms in total. The van der Waals surface area contributed by atoms with Crippen molar-refractivity contribution < 1.29 is 0 Å². The molecule has 2 heteroatoms. The summed E-state index contributed by atoms with van der Waals surface area (Å²) in [5.74, 6) is 0.571. The first-order valence-corrected chi connectivity index (χ1v) is 5.92. The van der Waals surface area contributed by atoms with Crippen molar-refractivity contribution in [3.8, 4) is 0 Å². The number of aryl methyl sites for hydroxylation is 1. The molecule has 0 aromatic heterocycles. The molecular weight excluding hydrogens is 230 g/mol. The summed E-state index contributed by atoms with van der Waals surface area (Å²) < 4.78 is 0. The van der Waals surface area contributed by atoms with Gasteiger partial charge in [0.15, 0.2) is 0 Å². The van der Waals surface area contributed by atoms with E-state index in [0.717, 1.165) is 6.54 Å². The third kappa shape index (κ3) is 4.93. The average molecular weight is 254 g/mol. The third-order valence-corrected chi connectivity index (χ3v) is 2.83. The van der Waals surface area contributed by atoms with Crippen LogP contribution in [0.5, 0.6) is 0 Å². The van der Waals surface area contributed by atoms with Crippen molar-refractivity contribution in [2.45, 2.75) is 20.8 Å². The molecule has 0 saturated carbocycles. The second-order valence-corrected chi connectivity index (χ2v) is 4.78. The fourth-order valence-corrected chi connectivity index (χ4v) is 2.21. The lowest BCUT2D eigenvalue weighted by molar-refractivity contribution is 0.376. The molecule has 0 bridgehead atoms. The molecule has 1 aromatic carbocycles. The molecule has 1 aromatic rings. The second-order valence-electron chi connectivity index (χ2n) is 4.78. The minimum atomic E-state index is 0. The number of allylic oxidation sites excluding steroid dienone is 1. The molecule has 0 aliphatic heterocycles. The van der Waals surface area contributed by atoms with Gasteiger partial charge in [-0.25, -0.2) is 0 Å². The first kappa shape index (κ1) is 16.2. The molecular formula is C15H24ClN. The lowest BCUT2D eigenvalue weighted by atomic mass is 9.92. The Balaban J connectivity index is 0.00000256. The summed E-state index contributed by atoms with van der Waals surface area (Å²) in [6.07, 6.45) is 2.24. The van der Waals surface area contributed by atoms with E-state index in [9.17, 15) is 0 Å². The Labute approximate surface area is 112 Å². The largest absolute Gasteiger partial charge is 0.309 e. The van der Waals surface area contributed by atoms with Gasteiger partial charge in [-0.3, -0.25) is 0 Å². The van der Waals surface area contributed by atoms with Crippen LogP contribution in [-0.4, -0.2) is 25.5 Å². The molecule has 96 valence electrons. The number of hydrogen-bond acceptors (Lipinski definition) is 1. The fraction of sp³-hybridized carbons (Fsp3) is 0.467. The number of halogens is 1. The smallest absolute Gasteiger partial charge is 0.00416 e. The average Bonchev–Trinajstić information content (AvgIpc) is 2.17. The number of nitrogens with zero attached hydrogens (tertiary/aromatic N) is 1. The van der Waals surface area contributed by atoms with Gasteiger partial charge >= 0.3 is 0 Å². The first-order valence-electron chi connectivity index (χ1n) is 5.92. The molecule has 1 unspecified atom stereocenters. The van der Waals surface area contributed by atoms with Crippen molar-refractivity contribution in [2.24, 2.45) is 5.92 Å². The van der Waals surface area contributed by atoms with Crippen LogP contribution in [0.15, 0.2) is 30.3 Å². The van der Waals surface area contributed by atoms with Crippen LogP contribution in [-0.2, 0) is 0 Å². The minimum Gasteiger partial charge on any atom is -0.309 e. The van der Waals surface area contributed by atoms with Gasteiger partial charge in [-0.2, -0.15) is 0 Å². The lowest BCUT2D eigenvalue weighted by Gasteiger charge is -2.20. The first-order chi connectivity index (χ1) is 7.54. The van der Waals surface area contributed by atoms with Crippen LogP contribution in [0.2, 0.25) is 0 Å². The van der Waals surface area contributed by atoms with E-state index in [0.29, 0.717) is 5.92 Å². The predicted molar refractivity (Wildman–Crippen MR) is 79.8 cm³/mol. The Morgan fingerprint density at radius 3 is 2.47 bits per heavy atom. The molecule has 0 aliphatic carbocycles. The van der Waals surface area contributed by atoms with Crippen LogP contribution in [0.4, 0.5) is 0 Å². The SMILES string of the molecule is CC=C(c1cccc(C)c1)C(C)CN(C)C.Cl. The second kappa shape index (κ2) is 7.52. The highest BCUT2D eigenvalue weighted by atomic mass is 35.5. The van der Waals surface area contributed by atoms with E-state index >= 15 is 0 Å². The van der Waals surface area contributed by atoms with E-state index < -0.39 is 0 Å². The van der Waals surface area contributed by atoms with Crippen LogP contribution in [0, 0.1) is 12.8 Å². The molecule has 0 radical (unpaired) electrons. The van der Waals surface area contributed by atoms with E-state index in [-0.39, 0.29) is 12.4 Å². The molecule has 0 aliphatic rings. The molecule has 0 fully saturated rings. The number of hydrogen-bond donors (Lipinski definition) is 0. The van der Waals surface area contributed by atoms with E-state index in [1.54, 1.807) is 0 Å². The molecule has 1 atom stereocenters.